The lowest BCUT2D eigenvalue weighted by Crippen LogP contribution is -2.18. The number of rotatable bonds is 5. The van der Waals surface area contributed by atoms with Crippen LogP contribution in [-0.2, 0) is 0 Å². The molecule has 0 bridgehead atoms. The third-order valence-electron chi connectivity index (χ3n) is 2.94. The maximum atomic E-state index is 13.6. The van der Waals surface area contributed by atoms with E-state index in [1.54, 1.807) is 24.5 Å². The summed E-state index contributed by atoms with van der Waals surface area (Å²) in [7, 11) is 1.81. The van der Waals surface area contributed by atoms with Crippen LogP contribution in [0.5, 0.6) is 5.75 Å². The Bertz CT molecular complexity index is 592. The Hall–Kier alpha value is -1.65. The molecular formula is C15H16ClFN2O. The van der Waals surface area contributed by atoms with E-state index in [2.05, 4.69) is 10.3 Å². The van der Waals surface area contributed by atoms with E-state index in [9.17, 15) is 4.39 Å². The smallest absolute Gasteiger partial charge is 0.142 e. The lowest BCUT2D eigenvalue weighted by Gasteiger charge is -2.18. The highest BCUT2D eigenvalue weighted by Crippen LogP contribution is 2.26. The monoisotopic (exact) mass is 294 g/mol. The van der Waals surface area contributed by atoms with Gasteiger partial charge in [0, 0.05) is 6.20 Å². The Morgan fingerprint density at radius 1 is 1.30 bits per heavy atom. The molecule has 1 heterocycles. The van der Waals surface area contributed by atoms with E-state index in [1.807, 2.05) is 20.0 Å². The van der Waals surface area contributed by atoms with Gasteiger partial charge in [-0.2, -0.15) is 0 Å². The molecule has 1 N–H and O–H groups in total. The first kappa shape index (κ1) is 14.8. The van der Waals surface area contributed by atoms with Crippen molar-refractivity contribution in [3.63, 3.8) is 0 Å². The second kappa shape index (κ2) is 6.68. The minimum Gasteiger partial charge on any atom is -0.492 e. The van der Waals surface area contributed by atoms with E-state index in [-0.39, 0.29) is 11.1 Å². The summed E-state index contributed by atoms with van der Waals surface area (Å²) < 4.78 is 19.0. The van der Waals surface area contributed by atoms with Crippen molar-refractivity contribution in [3.8, 4) is 5.75 Å². The number of benzene rings is 1. The fourth-order valence-corrected chi connectivity index (χ4v) is 2.17. The van der Waals surface area contributed by atoms with Crippen LogP contribution in [0.25, 0.3) is 0 Å². The summed E-state index contributed by atoms with van der Waals surface area (Å²) in [6.45, 7) is 2.49. The zero-order valence-electron chi connectivity index (χ0n) is 11.4. The van der Waals surface area contributed by atoms with Gasteiger partial charge in [-0.15, -0.1) is 0 Å². The van der Waals surface area contributed by atoms with Crippen LogP contribution in [0.3, 0.4) is 0 Å². The first-order valence-electron chi connectivity index (χ1n) is 6.35. The average Bonchev–Trinajstić information content (AvgIpc) is 2.44. The van der Waals surface area contributed by atoms with Gasteiger partial charge in [0.25, 0.3) is 0 Å². The molecular weight excluding hydrogens is 279 g/mol. The molecule has 5 heteroatoms. The van der Waals surface area contributed by atoms with Gasteiger partial charge in [-0.1, -0.05) is 17.7 Å². The van der Waals surface area contributed by atoms with Gasteiger partial charge in [0.05, 0.1) is 23.9 Å². The number of ether oxygens (including phenoxy) is 1. The predicted molar refractivity (Wildman–Crippen MR) is 77.7 cm³/mol. The van der Waals surface area contributed by atoms with E-state index < -0.39 is 5.82 Å². The molecule has 1 atom stereocenters. The van der Waals surface area contributed by atoms with Crippen LogP contribution in [0.1, 0.15) is 24.1 Å². The predicted octanol–water partition coefficient (Wildman–Crippen LogP) is 3.58. The zero-order valence-corrected chi connectivity index (χ0v) is 12.1. The summed E-state index contributed by atoms with van der Waals surface area (Å²) in [6.07, 6.45) is 3.39. The highest BCUT2D eigenvalue weighted by atomic mass is 35.5. The van der Waals surface area contributed by atoms with Gasteiger partial charge in [0.2, 0.25) is 0 Å². The quantitative estimate of drug-likeness (QED) is 0.915. The standard InChI is InChI=1S/C15H16ClFN2O/c1-3-20-12-6-11(8-19-9-12)15(18-2)10-4-5-13(16)14(17)7-10/h4-9,15,18H,3H2,1-2H3. The SMILES string of the molecule is CCOc1cncc(C(NC)c2ccc(Cl)c(F)c2)c1. The molecule has 106 valence electrons. The van der Waals surface area contributed by atoms with Crippen molar-refractivity contribution < 1.29 is 9.13 Å². The van der Waals surface area contributed by atoms with Crippen molar-refractivity contribution in [2.75, 3.05) is 13.7 Å². The van der Waals surface area contributed by atoms with Gasteiger partial charge < -0.3 is 10.1 Å². The number of nitrogens with zero attached hydrogens (tertiary/aromatic N) is 1. The number of aromatic nitrogens is 1. The lowest BCUT2D eigenvalue weighted by atomic mass is 10.00. The van der Waals surface area contributed by atoms with Crippen molar-refractivity contribution in [2.45, 2.75) is 13.0 Å². The highest BCUT2D eigenvalue weighted by molar-refractivity contribution is 6.30. The second-order valence-corrected chi connectivity index (χ2v) is 4.69. The van der Waals surface area contributed by atoms with Crippen LogP contribution < -0.4 is 10.1 Å². The Kier molecular flexibility index (Phi) is 4.93. The van der Waals surface area contributed by atoms with E-state index in [4.69, 9.17) is 16.3 Å². The van der Waals surface area contributed by atoms with Crippen LogP contribution in [0.15, 0.2) is 36.7 Å². The fourth-order valence-electron chi connectivity index (χ4n) is 2.06. The van der Waals surface area contributed by atoms with Gasteiger partial charge in [-0.3, -0.25) is 4.98 Å². The topological polar surface area (TPSA) is 34.1 Å². The first-order valence-corrected chi connectivity index (χ1v) is 6.73. The van der Waals surface area contributed by atoms with Gasteiger partial charge in [-0.05, 0) is 43.3 Å². The Morgan fingerprint density at radius 2 is 2.10 bits per heavy atom. The zero-order chi connectivity index (χ0) is 14.5. The van der Waals surface area contributed by atoms with Crippen molar-refractivity contribution in [3.05, 3.63) is 58.6 Å². The van der Waals surface area contributed by atoms with Gasteiger partial charge in [-0.25, -0.2) is 4.39 Å². The van der Waals surface area contributed by atoms with E-state index >= 15 is 0 Å². The van der Waals surface area contributed by atoms with Crippen LogP contribution in [0.4, 0.5) is 4.39 Å². The van der Waals surface area contributed by atoms with Crippen LogP contribution in [0.2, 0.25) is 5.02 Å². The molecule has 0 aliphatic carbocycles. The Morgan fingerprint density at radius 3 is 2.75 bits per heavy atom. The molecule has 2 rings (SSSR count). The minimum atomic E-state index is -0.432. The molecule has 1 unspecified atom stereocenters. The van der Waals surface area contributed by atoms with E-state index in [0.717, 1.165) is 11.1 Å². The molecule has 0 aliphatic rings. The number of hydrogen-bond donors (Lipinski definition) is 1. The molecule has 0 saturated heterocycles. The summed E-state index contributed by atoms with van der Waals surface area (Å²) in [5.41, 5.74) is 1.69. The molecule has 3 nitrogen and oxygen atoms in total. The molecule has 0 aliphatic heterocycles. The number of nitrogens with one attached hydrogen (secondary N) is 1. The molecule has 1 aromatic heterocycles. The average molecular weight is 295 g/mol. The van der Waals surface area contributed by atoms with Crippen LogP contribution in [-0.4, -0.2) is 18.6 Å². The summed E-state index contributed by atoms with van der Waals surface area (Å²) in [5.74, 6) is 0.262. The largest absolute Gasteiger partial charge is 0.492 e. The molecule has 2 aromatic rings. The van der Waals surface area contributed by atoms with Crippen molar-refractivity contribution in [2.24, 2.45) is 0 Å². The highest BCUT2D eigenvalue weighted by Gasteiger charge is 2.15. The van der Waals surface area contributed by atoms with Crippen LogP contribution >= 0.6 is 11.6 Å². The van der Waals surface area contributed by atoms with Crippen molar-refractivity contribution in [1.82, 2.24) is 10.3 Å². The Labute approximate surface area is 122 Å². The molecule has 0 radical (unpaired) electrons. The maximum Gasteiger partial charge on any atom is 0.142 e. The van der Waals surface area contributed by atoms with Crippen molar-refractivity contribution in [1.29, 1.82) is 0 Å². The summed E-state index contributed by atoms with van der Waals surface area (Å²) in [5, 5.41) is 3.26. The molecule has 0 saturated carbocycles. The number of pyridine rings is 1. The third kappa shape index (κ3) is 3.26. The molecule has 20 heavy (non-hydrogen) atoms. The van der Waals surface area contributed by atoms with Gasteiger partial charge >= 0.3 is 0 Å². The lowest BCUT2D eigenvalue weighted by molar-refractivity contribution is 0.338. The Balaban J connectivity index is 2.36. The molecule has 1 aromatic carbocycles. The molecule has 0 spiro atoms. The minimum absolute atomic E-state index is 0.116. The second-order valence-electron chi connectivity index (χ2n) is 4.28. The van der Waals surface area contributed by atoms with Gasteiger partial charge in [0.15, 0.2) is 0 Å². The molecule has 0 fully saturated rings. The maximum absolute atomic E-state index is 13.6. The summed E-state index contributed by atoms with van der Waals surface area (Å²) in [6, 6.07) is 6.49. The number of halogens is 2. The summed E-state index contributed by atoms with van der Waals surface area (Å²) >= 11 is 5.71. The third-order valence-corrected chi connectivity index (χ3v) is 3.25. The number of hydrogen-bond acceptors (Lipinski definition) is 3. The van der Waals surface area contributed by atoms with Gasteiger partial charge in [0.1, 0.15) is 11.6 Å². The normalized spacial score (nSPS) is 12.2. The van der Waals surface area contributed by atoms with E-state index in [0.29, 0.717) is 12.4 Å². The van der Waals surface area contributed by atoms with E-state index in [1.165, 1.54) is 6.07 Å². The van der Waals surface area contributed by atoms with Crippen LogP contribution in [0, 0.1) is 5.82 Å². The fraction of sp³-hybridized carbons (Fsp3) is 0.267. The van der Waals surface area contributed by atoms with Crippen molar-refractivity contribution >= 4 is 11.6 Å². The molecule has 0 amide bonds. The first-order chi connectivity index (χ1) is 9.65. The summed E-state index contributed by atoms with van der Waals surface area (Å²) in [4.78, 5) is 4.15.